The van der Waals surface area contributed by atoms with Crippen molar-refractivity contribution in [2.75, 3.05) is 19.4 Å². The van der Waals surface area contributed by atoms with E-state index in [1.807, 2.05) is 19.9 Å². The first-order chi connectivity index (χ1) is 9.63. The summed E-state index contributed by atoms with van der Waals surface area (Å²) in [5.41, 5.74) is 0. The molecular formula is C14H25FNO3P. The monoisotopic (exact) mass is 305 g/mol. The third-order valence-corrected chi connectivity index (χ3v) is 4.78. The number of nitrogens with zero attached hydrogens (tertiary/aromatic N) is 1. The Morgan fingerprint density at radius 1 is 1.45 bits per heavy atom. The maximum Gasteiger partial charge on any atom is 0.170 e. The molecule has 1 fully saturated rings. The minimum absolute atomic E-state index is 0.152. The highest BCUT2D eigenvalue weighted by atomic mass is 31.2. The van der Waals surface area contributed by atoms with E-state index in [0.29, 0.717) is 25.8 Å². The first-order valence-corrected chi connectivity index (χ1v) is 8.70. The molecule has 1 rings (SSSR count). The second kappa shape index (κ2) is 9.63. The second-order valence-electron chi connectivity index (χ2n) is 5.04. The molecule has 0 N–H and O–H groups in total. The van der Waals surface area contributed by atoms with Crippen molar-refractivity contribution in [1.29, 1.82) is 5.26 Å². The molecule has 0 spiro atoms. The van der Waals surface area contributed by atoms with Gasteiger partial charge in [0.1, 0.15) is 12.3 Å². The Hall–Kier alpha value is -0.270. The van der Waals surface area contributed by atoms with E-state index in [4.69, 9.17) is 19.0 Å². The molecule has 5 unspecified atom stereocenters. The molecule has 1 saturated heterocycles. The lowest BCUT2D eigenvalue weighted by atomic mass is 9.93. The number of hydrogen-bond acceptors (Lipinski definition) is 4. The molecule has 5 atom stereocenters. The van der Waals surface area contributed by atoms with Gasteiger partial charge in [0, 0.05) is 12.1 Å². The second-order valence-corrected chi connectivity index (χ2v) is 6.81. The summed E-state index contributed by atoms with van der Waals surface area (Å²) in [6.07, 6.45) is 0.994. The van der Waals surface area contributed by atoms with E-state index >= 15 is 0 Å². The Morgan fingerprint density at radius 2 is 2.20 bits per heavy atom. The van der Waals surface area contributed by atoms with Crippen molar-refractivity contribution in [3.8, 4) is 6.07 Å². The average molecular weight is 305 g/mol. The first kappa shape index (κ1) is 17.8. The smallest absolute Gasteiger partial charge is 0.170 e. The highest BCUT2D eigenvalue weighted by Gasteiger charge is 2.40. The maximum atomic E-state index is 14.4. The van der Waals surface area contributed by atoms with Gasteiger partial charge in [-0.25, -0.2) is 4.39 Å². The van der Waals surface area contributed by atoms with E-state index in [2.05, 4.69) is 6.92 Å². The Balaban J connectivity index is 2.59. The molecule has 0 aliphatic carbocycles. The van der Waals surface area contributed by atoms with Gasteiger partial charge in [0.05, 0.1) is 31.8 Å². The van der Waals surface area contributed by atoms with Crippen LogP contribution in [0.15, 0.2) is 0 Å². The lowest BCUT2D eigenvalue weighted by Crippen LogP contribution is -2.48. The largest absolute Gasteiger partial charge is 0.375 e. The molecule has 0 aromatic rings. The van der Waals surface area contributed by atoms with Crippen molar-refractivity contribution in [2.24, 2.45) is 5.92 Å². The topological polar surface area (TPSA) is 51.5 Å². The van der Waals surface area contributed by atoms with E-state index in [0.717, 1.165) is 12.8 Å². The van der Waals surface area contributed by atoms with E-state index in [1.165, 1.54) is 0 Å². The van der Waals surface area contributed by atoms with Gasteiger partial charge >= 0.3 is 0 Å². The van der Waals surface area contributed by atoms with Gasteiger partial charge in [-0.2, -0.15) is 5.26 Å². The fraction of sp³-hybridized carbons (Fsp3) is 0.929. The fourth-order valence-corrected chi connectivity index (χ4v) is 3.39. The summed E-state index contributed by atoms with van der Waals surface area (Å²) in [5.74, 6) is -0.152. The van der Waals surface area contributed by atoms with E-state index in [9.17, 15) is 4.39 Å². The summed E-state index contributed by atoms with van der Waals surface area (Å²) in [6.45, 7) is 6.64. The zero-order chi connectivity index (χ0) is 15.0. The van der Waals surface area contributed by atoms with Gasteiger partial charge in [0.2, 0.25) is 0 Å². The van der Waals surface area contributed by atoms with Crippen LogP contribution < -0.4 is 0 Å². The van der Waals surface area contributed by atoms with Crippen LogP contribution in [-0.4, -0.2) is 37.8 Å². The van der Waals surface area contributed by atoms with Crippen molar-refractivity contribution < 1.29 is 18.2 Å². The van der Waals surface area contributed by atoms with Crippen molar-refractivity contribution in [2.45, 2.75) is 58.4 Å². The van der Waals surface area contributed by atoms with Gasteiger partial charge in [-0.1, -0.05) is 27.2 Å². The lowest BCUT2D eigenvalue weighted by molar-refractivity contribution is -0.128. The van der Waals surface area contributed by atoms with Crippen LogP contribution in [0.25, 0.3) is 0 Å². The van der Waals surface area contributed by atoms with Crippen LogP contribution >= 0.6 is 8.38 Å². The maximum absolute atomic E-state index is 14.4. The van der Waals surface area contributed by atoms with Crippen LogP contribution in [0.5, 0.6) is 0 Å². The number of hydrogen-bond donors (Lipinski definition) is 0. The minimum atomic E-state index is -1.15. The van der Waals surface area contributed by atoms with Gasteiger partial charge in [-0.3, -0.25) is 0 Å². The highest BCUT2D eigenvalue weighted by molar-refractivity contribution is 7.47. The molecular weight excluding hydrogens is 280 g/mol. The summed E-state index contributed by atoms with van der Waals surface area (Å²) in [7, 11) is -1.15. The fourth-order valence-electron chi connectivity index (χ4n) is 2.17. The number of ether oxygens (including phenoxy) is 1. The zero-order valence-corrected chi connectivity index (χ0v) is 13.4. The summed E-state index contributed by atoms with van der Waals surface area (Å²) in [6, 6.07) is 2.03. The molecule has 1 heterocycles. The predicted molar refractivity (Wildman–Crippen MR) is 77.2 cm³/mol. The average Bonchev–Trinajstić information content (AvgIpc) is 2.45. The summed E-state index contributed by atoms with van der Waals surface area (Å²) < 4.78 is 31.5. The van der Waals surface area contributed by atoms with Crippen LogP contribution in [0, 0.1) is 17.2 Å². The Morgan fingerprint density at radius 3 is 2.80 bits per heavy atom. The molecule has 4 nitrogen and oxygen atoms in total. The summed E-state index contributed by atoms with van der Waals surface area (Å²) in [4.78, 5) is 0. The highest BCUT2D eigenvalue weighted by Crippen LogP contribution is 2.43. The van der Waals surface area contributed by atoms with Crippen LogP contribution in [-0.2, 0) is 13.8 Å². The Bertz CT molecular complexity index is 313. The molecule has 20 heavy (non-hydrogen) atoms. The molecule has 116 valence electrons. The summed E-state index contributed by atoms with van der Waals surface area (Å²) in [5, 5.41) is 8.52. The van der Waals surface area contributed by atoms with Crippen LogP contribution in [0.1, 0.15) is 40.0 Å². The molecule has 1 aliphatic rings. The number of rotatable bonds is 8. The molecule has 0 saturated carbocycles. The molecule has 0 aromatic carbocycles. The van der Waals surface area contributed by atoms with Gasteiger partial charge in [0.25, 0.3) is 0 Å². The van der Waals surface area contributed by atoms with Gasteiger partial charge in [-0.15, -0.1) is 0 Å². The number of alkyl halides is 1. The van der Waals surface area contributed by atoms with Crippen molar-refractivity contribution in [1.82, 2.24) is 0 Å². The minimum Gasteiger partial charge on any atom is -0.375 e. The van der Waals surface area contributed by atoms with Crippen molar-refractivity contribution in [3.05, 3.63) is 0 Å². The normalized spacial score (nSPS) is 31.8. The third-order valence-electron chi connectivity index (χ3n) is 3.32. The van der Waals surface area contributed by atoms with E-state index < -0.39 is 20.7 Å². The molecule has 0 amide bonds. The molecule has 6 heteroatoms. The lowest BCUT2D eigenvalue weighted by Gasteiger charge is -2.38. The van der Waals surface area contributed by atoms with E-state index in [1.54, 1.807) is 0 Å². The molecule has 0 radical (unpaired) electrons. The molecule has 0 bridgehead atoms. The first-order valence-electron chi connectivity index (χ1n) is 7.33. The van der Waals surface area contributed by atoms with E-state index in [-0.39, 0.29) is 12.0 Å². The quantitative estimate of drug-likeness (QED) is 0.505. The number of nitriles is 1. The predicted octanol–water partition coefficient (Wildman–Crippen LogP) is 3.81. The van der Waals surface area contributed by atoms with Crippen LogP contribution in [0.3, 0.4) is 0 Å². The van der Waals surface area contributed by atoms with Crippen LogP contribution in [0.2, 0.25) is 0 Å². The molecule has 1 aliphatic heterocycles. The zero-order valence-electron chi connectivity index (χ0n) is 12.5. The van der Waals surface area contributed by atoms with Crippen molar-refractivity contribution in [3.63, 3.8) is 0 Å². The Kier molecular flexibility index (Phi) is 8.56. The van der Waals surface area contributed by atoms with Gasteiger partial charge in [0.15, 0.2) is 8.38 Å². The SMILES string of the molecule is CCCC1OCC(C)C(F)C1OP(CC)OCCC#N. The molecule has 0 aromatic heterocycles. The van der Waals surface area contributed by atoms with Crippen molar-refractivity contribution >= 4 is 8.38 Å². The third kappa shape index (κ3) is 5.26. The van der Waals surface area contributed by atoms with Gasteiger partial charge in [-0.05, 0) is 6.42 Å². The Labute approximate surface area is 122 Å². The summed E-state index contributed by atoms with van der Waals surface area (Å²) >= 11 is 0. The van der Waals surface area contributed by atoms with Gasteiger partial charge < -0.3 is 13.8 Å². The number of halogens is 1. The van der Waals surface area contributed by atoms with Crippen LogP contribution in [0.4, 0.5) is 4.39 Å². The standard InChI is InChI=1S/C14H25FNO3P/c1-4-7-12-14(13(15)11(3)10-17-12)19-20(5-2)18-9-6-8-16/h11-14H,4-7,9-10H2,1-3H3.